The predicted octanol–water partition coefficient (Wildman–Crippen LogP) is 5.44. The Morgan fingerprint density at radius 3 is 2.56 bits per heavy atom. The third kappa shape index (κ3) is 6.19. The number of hydrogen-bond donors (Lipinski definition) is 0. The van der Waals surface area contributed by atoms with Crippen LogP contribution in [-0.4, -0.2) is 27.6 Å². The fraction of sp³-hybridized carbons (Fsp3) is 0.650. The molecule has 1 aromatic carbocycles. The van der Waals surface area contributed by atoms with E-state index >= 15 is 0 Å². The van der Waals surface area contributed by atoms with Crippen molar-refractivity contribution in [3.8, 4) is 0 Å². The Bertz CT molecular complexity index is 681. The summed E-state index contributed by atoms with van der Waals surface area (Å²) in [5.41, 5.74) is -0.710. The molecule has 1 aromatic rings. The molecule has 1 fully saturated rings. The zero-order valence-electron chi connectivity index (χ0n) is 16.5. The Morgan fingerprint density at radius 2 is 2.00 bits per heavy atom. The highest BCUT2D eigenvalue weighted by molar-refractivity contribution is 5.69. The molecule has 0 saturated heterocycles. The molecule has 27 heavy (non-hydrogen) atoms. The molecule has 1 atom stereocenters. The Balaban J connectivity index is 2.27. The first kappa shape index (κ1) is 21.1. The van der Waals surface area contributed by atoms with Gasteiger partial charge in [0.15, 0.2) is 0 Å². The number of carbonyl (C=O) groups is 1. The van der Waals surface area contributed by atoms with E-state index in [1.807, 2.05) is 6.92 Å². The highest BCUT2D eigenvalue weighted by Crippen LogP contribution is 2.31. The number of hydrogen-bond acceptors (Lipinski definition) is 4. The van der Waals surface area contributed by atoms with Crippen molar-refractivity contribution in [2.45, 2.75) is 78.0 Å². The Morgan fingerprint density at radius 1 is 1.37 bits per heavy atom. The van der Waals surface area contributed by atoms with Gasteiger partial charge in [-0.25, -0.2) is 9.18 Å². The quantitative estimate of drug-likeness (QED) is 0.486. The summed E-state index contributed by atoms with van der Waals surface area (Å²) >= 11 is 0. The maximum atomic E-state index is 13.7. The van der Waals surface area contributed by atoms with Crippen LogP contribution in [0, 0.1) is 21.8 Å². The first-order valence-electron chi connectivity index (χ1n) is 9.49. The van der Waals surface area contributed by atoms with Crippen LogP contribution in [0.15, 0.2) is 18.2 Å². The summed E-state index contributed by atoms with van der Waals surface area (Å²) in [7, 11) is 0. The van der Waals surface area contributed by atoms with E-state index < -0.39 is 22.4 Å². The number of rotatable bonds is 6. The van der Waals surface area contributed by atoms with Gasteiger partial charge < -0.3 is 9.64 Å². The van der Waals surface area contributed by atoms with Gasteiger partial charge in [-0.15, -0.1) is 0 Å². The van der Waals surface area contributed by atoms with Crippen molar-refractivity contribution < 1.29 is 18.8 Å². The highest BCUT2D eigenvalue weighted by atomic mass is 19.1. The van der Waals surface area contributed by atoms with Crippen LogP contribution in [0.4, 0.5) is 14.9 Å². The van der Waals surface area contributed by atoms with Gasteiger partial charge in [0, 0.05) is 12.1 Å². The molecule has 0 unspecified atom stereocenters. The van der Waals surface area contributed by atoms with E-state index in [-0.39, 0.29) is 23.8 Å². The van der Waals surface area contributed by atoms with E-state index in [1.165, 1.54) is 17.7 Å². The van der Waals surface area contributed by atoms with Gasteiger partial charge in [-0.05, 0) is 52.2 Å². The number of nitro groups is 1. The summed E-state index contributed by atoms with van der Waals surface area (Å²) in [5, 5.41) is 11.3. The first-order chi connectivity index (χ1) is 12.6. The van der Waals surface area contributed by atoms with Crippen molar-refractivity contribution in [1.82, 2.24) is 4.90 Å². The third-order valence-corrected chi connectivity index (χ3v) is 4.89. The lowest BCUT2D eigenvalue weighted by Gasteiger charge is -2.33. The number of carbonyl (C=O) groups excluding carboxylic acids is 1. The fourth-order valence-electron chi connectivity index (χ4n) is 3.62. The summed E-state index contributed by atoms with van der Waals surface area (Å²) in [6.45, 7) is 7.18. The molecule has 0 spiro atoms. The molecule has 0 aliphatic heterocycles. The van der Waals surface area contributed by atoms with E-state index in [2.05, 4.69) is 0 Å². The van der Waals surface area contributed by atoms with Crippen molar-refractivity contribution in [2.75, 3.05) is 0 Å². The second-order valence-electron chi connectivity index (χ2n) is 8.37. The molecule has 2 rings (SSSR count). The van der Waals surface area contributed by atoms with Gasteiger partial charge >= 0.3 is 6.09 Å². The third-order valence-electron chi connectivity index (χ3n) is 4.89. The number of nitro benzene ring substituents is 1. The van der Waals surface area contributed by atoms with Crippen LogP contribution in [-0.2, 0) is 11.3 Å². The Labute approximate surface area is 159 Å². The van der Waals surface area contributed by atoms with Crippen LogP contribution >= 0.6 is 0 Å². The number of benzene rings is 1. The van der Waals surface area contributed by atoms with Gasteiger partial charge in [0.25, 0.3) is 5.69 Å². The smallest absolute Gasteiger partial charge is 0.410 e. The molecule has 1 aliphatic rings. The van der Waals surface area contributed by atoms with Crippen LogP contribution in [0.1, 0.15) is 65.4 Å². The predicted molar refractivity (Wildman–Crippen MR) is 101 cm³/mol. The van der Waals surface area contributed by atoms with Gasteiger partial charge in [-0.1, -0.05) is 25.7 Å². The average Bonchev–Trinajstić information content (AvgIpc) is 3.03. The molecular formula is C20H29FN2O4. The van der Waals surface area contributed by atoms with E-state index in [1.54, 1.807) is 20.8 Å². The maximum Gasteiger partial charge on any atom is 0.410 e. The van der Waals surface area contributed by atoms with Crippen LogP contribution in [0.5, 0.6) is 0 Å². The number of amides is 1. The zero-order valence-corrected chi connectivity index (χ0v) is 16.5. The van der Waals surface area contributed by atoms with E-state index in [0.29, 0.717) is 5.92 Å². The minimum absolute atomic E-state index is 0.0587. The molecule has 0 N–H and O–H groups in total. The lowest BCUT2D eigenvalue weighted by molar-refractivity contribution is -0.385. The van der Waals surface area contributed by atoms with Crippen LogP contribution < -0.4 is 0 Å². The summed E-state index contributed by atoms with van der Waals surface area (Å²) in [5.74, 6) is -0.0318. The van der Waals surface area contributed by atoms with E-state index in [9.17, 15) is 19.3 Å². The molecule has 1 saturated carbocycles. The largest absolute Gasteiger partial charge is 0.444 e. The normalized spacial score (nSPS) is 16.2. The molecule has 6 nitrogen and oxygen atoms in total. The molecular weight excluding hydrogens is 351 g/mol. The van der Waals surface area contributed by atoms with Crippen LogP contribution in [0.25, 0.3) is 0 Å². The second kappa shape index (κ2) is 8.67. The number of nitrogens with zero attached hydrogens (tertiary/aromatic N) is 2. The second-order valence-corrected chi connectivity index (χ2v) is 8.37. The number of halogens is 1. The Kier molecular flexibility index (Phi) is 6.78. The highest BCUT2D eigenvalue weighted by Gasteiger charge is 2.30. The molecule has 0 radical (unpaired) electrons. The van der Waals surface area contributed by atoms with E-state index in [0.717, 1.165) is 37.5 Å². The van der Waals surface area contributed by atoms with Crippen molar-refractivity contribution in [2.24, 2.45) is 5.92 Å². The maximum absolute atomic E-state index is 13.7. The monoisotopic (exact) mass is 380 g/mol. The first-order valence-corrected chi connectivity index (χ1v) is 9.49. The topological polar surface area (TPSA) is 72.7 Å². The van der Waals surface area contributed by atoms with Gasteiger partial charge in [-0.2, -0.15) is 0 Å². The zero-order chi connectivity index (χ0) is 20.2. The van der Waals surface area contributed by atoms with Crippen LogP contribution in [0.2, 0.25) is 0 Å². The molecule has 150 valence electrons. The van der Waals surface area contributed by atoms with Gasteiger partial charge in [0.2, 0.25) is 0 Å². The lowest BCUT2D eigenvalue weighted by atomic mass is 9.98. The summed E-state index contributed by atoms with van der Waals surface area (Å²) in [4.78, 5) is 25.0. The molecule has 1 aliphatic carbocycles. The van der Waals surface area contributed by atoms with Crippen molar-refractivity contribution in [3.05, 3.63) is 39.7 Å². The molecule has 0 aromatic heterocycles. The van der Waals surface area contributed by atoms with Gasteiger partial charge in [0.1, 0.15) is 11.4 Å². The Hall–Kier alpha value is -2.18. The van der Waals surface area contributed by atoms with Gasteiger partial charge in [0.05, 0.1) is 17.0 Å². The van der Waals surface area contributed by atoms with Crippen LogP contribution in [0.3, 0.4) is 0 Å². The summed E-state index contributed by atoms with van der Waals surface area (Å²) in [6.07, 6.45) is 4.92. The average molecular weight is 380 g/mol. The fourth-order valence-corrected chi connectivity index (χ4v) is 3.62. The molecule has 0 heterocycles. The molecule has 1 amide bonds. The minimum atomic E-state index is -0.684. The SMILES string of the molecule is C[C@@H](CC1CCCC1)N(Cc1cc(F)ccc1[N+](=O)[O-])C(=O)OC(C)(C)C. The molecule has 0 bridgehead atoms. The van der Waals surface area contributed by atoms with E-state index in [4.69, 9.17) is 4.74 Å². The molecule has 7 heteroatoms. The standard InChI is InChI=1S/C20H29FN2O4/c1-14(11-15-7-5-6-8-15)22(19(24)27-20(2,3)4)13-16-12-17(21)9-10-18(16)23(25)26/h9-10,12,14-15H,5-8,11,13H2,1-4H3/t14-/m0/s1. The van der Waals surface area contributed by atoms with Crippen molar-refractivity contribution in [1.29, 1.82) is 0 Å². The van der Waals surface area contributed by atoms with Crippen molar-refractivity contribution >= 4 is 11.8 Å². The number of ether oxygens (including phenoxy) is 1. The van der Waals surface area contributed by atoms with Gasteiger partial charge in [-0.3, -0.25) is 10.1 Å². The summed E-state index contributed by atoms with van der Waals surface area (Å²) in [6, 6.07) is 3.16. The summed E-state index contributed by atoms with van der Waals surface area (Å²) < 4.78 is 19.2. The van der Waals surface area contributed by atoms with Crippen molar-refractivity contribution in [3.63, 3.8) is 0 Å². The lowest BCUT2D eigenvalue weighted by Crippen LogP contribution is -2.42. The minimum Gasteiger partial charge on any atom is -0.444 e.